The first-order chi connectivity index (χ1) is 8.90. The van der Waals surface area contributed by atoms with E-state index in [-0.39, 0.29) is 18.1 Å². The summed E-state index contributed by atoms with van der Waals surface area (Å²) in [5.41, 5.74) is 0. The van der Waals surface area contributed by atoms with Gasteiger partial charge in [-0.05, 0) is 5.92 Å². The summed E-state index contributed by atoms with van der Waals surface area (Å²) in [6, 6.07) is 0. The monoisotopic (exact) mass is 272 g/mol. The Labute approximate surface area is 112 Å². The summed E-state index contributed by atoms with van der Waals surface area (Å²) < 4.78 is 14.6. The lowest BCUT2D eigenvalue weighted by atomic mass is 9.93. The fraction of sp³-hybridized carbons (Fsp3) is 0.769. The molecule has 1 saturated heterocycles. The molecular weight excluding hydrogens is 252 g/mol. The lowest BCUT2D eigenvalue weighted by Gasteiger charge is -2.16. The largest absolute Gasteiger partial charge is 0.469 e. The smallest absolute Gasteiger partial charge is 0.335 e. The van der Waals surface area contributed by atoms with Crippen LogP contribution in [-0.2, 0) is 28.6 Å². The van der Waals surface area contributed by atoms with E-state index >= 15 is 0 Å². The molecule has 0 aliphatic carbocycles. The summed E-state index contributed by atoms with van der Waals surface area (Å²) in [6.45, 7) is 3.80. The topological polar surface area (TPSA) is 78.9 Å². The summed E-state index contributed by atoms with van der Waals surface area (Å²) in [5.74, 6) is -1.87. The number of hydrogen-bond donors (Lipinski definition) is 0. The standard InChI is InChI=1S/C13H20O6/c1-7(2)5-9(14)11-8(12(15)17-3)6-10(19-11)13(16)18-4/h7-8,10-11H,5-6H2,1-4H3/t8-,10-,11-/m1/s1. The second kappa shape index (κ2) is 6.65. The predicted molar refractivity (Wildman–Crippen MR) is 65.3 cm³/mol. The Balaban J connectivity index is 2.83. The Morgan fingerprint density at radius 1 is 1.16 bits per heavy atom. The Hall–Kier alpha value is -1.43. The summed E-state index contributed by atoms with van der Waals surface area (Å²) in [6.07, 6.45) is -1.38. The van der Waals surface area contributed by atoms with Gasteiger partial charge in [-0.3, -0.25) is 9.59 Å². The maximum absolute atomic E-state index is 12.1. The zero-order valence-electron chi connectivity index (χ0n) is 11.7. The molecule has 1 rings (SSSR count). The van der Waals surface area contributed by atoms with Crippen LogP contribution in [0.25, 0.3) is 0 Å². The minimum Gasteiger partial charge on any atom is -0.469 e. The molecule has 1 heterocycles. The number of methoxy groups -OCH3 is 2. The van der Waals surface area contributed by atoms with E-state index in [0.29, 0.717) is 6.42 Å². The molecule has 19 heavy (non-hydrogen) atoms. The summed E-state index contributed by atoms with van der Waals surface area (Å²) >= 11 is 0. The van der Waals surface area contributed by atoms with E-state index < -0.39 is 30.1 Å². The van der Waals surface area contributed by atoms with Crippen LogP contribution in [0.15, 0.2) is 0 Å². The minimum absolute atomic E-state index is 0.119. The van der Waals surface area contributed by atoms with E-state index in [0.717, 1.165) is 0 Å². The molecule has 0 radical (unpaired) electrons. The third-order valence-corrected chi connectivity index (χ3v) is 3.04. The van der Waals surface area contributed by atoms with Gasteiger partial charge in [0, 0.05) is 12.8 Å². The molecule has 0 saturated carbocycles. The molecule has 0 aromatic heterocycles. The van der Waals surface area contributed by atoms with Crippen molar-refractivity contribution in [3.8, 4) is 0 Å². The van der Waals surface area contributed by atoms with E-state index in [1.54, 1.807) is 0 Å². The average molecular weight is 272 g/mol. The van der Waals surface area contributed by atoms with Crippen LogP contribution >= 0.6 is 0 Å². The normalized spacial score (nSPS) is 26.3. The maximum Gasteiger partial charge on any atom is 0.335 e. The zero-order chi connectivity index (χ0) is 14.6. The number of Topliss-reactive ketones (excluding diaryl/α,β-unsaturated/α-hetero) is 1. The SMILES string of the molecule is COC(=O)[C@H]1C[C@@H](C(=O)OC)[C@H](C(=O)CC(C)C)O1. The van der Waals surface area contributed by atoms with E-state index in [2.05, 4.69) is 9.47 Å². The molecule has 3 atom stereocenters. The quantitative estimate of drug-likeness (QED) is 0.686. The summed E-state index contributed by atoms with van der Waals surface area (Å²) in [4.78, 5) is 35.2. The van der Waals surface area contributed by atoms with Gasteiger partial charge in [-0.25, -0.2) is 4.79 Å². The lowest BCUT2D eigenvalue weighted by Crippen LogP contribution is -2.33. The summed E-state index contributed by atoms with van der Waals surface area (Å²) in [5, 5.41) is 0. The number of hydrogen-bond acceptors (Lipinski definition) is 6. The fourth-order valence-electron chi connectivity index (χ4n) is 2.15. The maximum atomic E-state index is 12.1. The van der Waals surface area contributed by atoms with Gasteiger partial charge in [0.05, 0.1) is 20.1 Å². The van der Waals surface area contributed by atoms with Crippen molar-refractivity contribution in [3.63, 3.8) is 0 Å². The highest BCUT2D eigenvalue weighted by molar-refractivity contribution is 5.91. The van der Waals surface area contributed by atoms with Gasteiger partial charge in [-0.1, -0.05) is 13.8 Å². The molecule has 108 valence electrons. The molecule has 0 aromatic rings. The Bertz CT molecular complexity index is 362. The molecule has 6 heteroatoms. The van der Waals surface area contributed by atoms with Gasteiger partial charge in [-0.2, -0.15) is 0 Å². The van der Waals surface area contributed by atoms with Crippen LogP contribution in [0.4, 0.5) is 0 Å². The second-order valence-corrected chi connectivity index (χ2v) is 5.00. The Morgan fingerprint density at radius 3 is 2.21 bits per heavy atom. The minimum atomic E-state index is -0.918. The van der Waals surface area contributed by atoms with Gasteiger partial charge in [0.2, 0.25) is 0 Å². The van der Waals surface area contributed by atoms with Gasteiger partial charge in [-0.15, -0.1) is 0 Å². The molecule has 1 aliphatic rings. The Kier molecular flexibility index (Phi) is 5.47. The first-order valence-corrected chi connectivity index (χ1v) is 6.24. The lowest BCUT2D eigenvalue weighted by molar-refractivity contribution is -0.157. The molecule has 0 aromatic carbocycles. The van der Waals surface area contributed by atoms with Crippen LogP contribution in [0.1, 0.15) is 26.7 Å². The van der Waals surface area contributed by atoms with Crippen molar-refractivity contribution < 1.29 is 28.6 Å². The fourth-order valence-corrected chi connectivity index (χ4v) is 2.15. The van der Waals surface area contributed by atoms with Crippen LogP contribution in [0.3, 0.4) is 0 Å². The Morgan fingerprint density at radius 2 is 1.74 bits per heavy atom. The molecular formula is C13H20O6. The van der Waals surface area contributed by atoms with Crippen LogP contribution in [0.2, 0.25) is 0 Å². The number of esters is 2. The van der Waals surface area contributed by atoms with Crippen molar-refractivity contribution in [1.29, 1.82) is 0 Å². The highest BCUT2D eigenvalue weighted by atomic mass is 16.6. The zero-order valence-corrected chi connectivity index (χ0v) is 11.7. The van der Waals surface area contributed by atoms with E-state index in [1.165, 1.54) is 14.2 Å². The predicted octanol–water partition coefficient (Wildman–Crippen LogP) is 0.721. The highest BCUT2D eigenvalue weighted by Gasteiger charge is 2.47. The van der Waals surface area contributed by atoms with Crippen molar-refractivity contribution in [1.82, 2.24) is 0 Å². The third-order valence-electron chi connectivity index (χ3n) is 3.04. The molecule has 0 spiro atoms. The summed E-state index contributed by atoms with van der Waals surface area (Å²) in [7, 11) is 2.49. The molecule has 6 nitrogen and oxygen atoms in total. The molecule has 0 amide bonds. The average Bonchev–Trinajstić information content (AvgIpc) is 2.81. The van der Waals surface area contributed by atoms with Gasteiger partial charge < -0.3 is 14.2 Å². The van der Waals surface area contributed by atoms with Gasteiger partial charge in [0.25, 0.3) is 0 Å². The van der Waals surface area contributed by atoms with Crippen molar-refractivity contribution in [2.75, 3.05) is 14.2 Å². The van der Waals surface area contributed by atoms with Crippen LogP contribution in [-0.4, -0.2) is 44.1 Å². The van der Waals surface area contributed by atoms with E-state index in [9.17, 15) is 14.4 Å². The van der Waals surface area contributed by atoms with Gasteiger partial charge >= 0.3 is 11.9 Å². The third kappa shape index (κ3) is 3.76. The van der Waals surface area contributed by atoms with Crippen LogP contribution in [0.5, 0.6) is 0 Å². The second-order valence-electron chi connectivity index (χ2n) is 5.00. The molecule has 0 unspecified atom stereocenters. The van der Waals surface area contributed by atoms with Gasteiger partial charge in [0.15, 0.2) is 11.9 Å². The molecule has 0 bridgehead atoms. The van der Waals surface area contributed by atoms with Crippen molar-refractivity contribution in [2.24, 2.45) is 11.8 Å². The number of rotatable bonds is 5. The number of ketones is 1. The first kappa shape index (κ1) is 15.6. The van der Waals surface area contributed by atoms with E-state index in [4.69, 9.17) is 4.74 Å². The van der Waals surface area contributed by atoms with Crippen molar-refractivity contribution in [2.45, 2.75) is 38.9 Å². The molecule has 1 fully saturated rings. The van der Waals surface area contributed by atoms with Gasteiger partial charge in [0.1, 0.15) is 6.10 Å². The first-order valence-electron chi connectivity index (χ1n) is 6.24. The highest BCUT2D eigenvalue weighted by Crippen LogP contribution is 2.30. The van der Waals surface area contributed by atoms with E-state index in [1.807, 2.05) is 13.8 Å². The molecule has 0 N–H and O–H groups in total. The van der Waals surface area contributed by atoms with Crippen LogP contribution in [0, 0.1) is 11.8 Å². The van der Waals surface area contributed by atoms with Crippen molar-refractivity contribution >= 4 is 17.7 Å². The number of carbonyl (C=O) groups excluding carboxylic acids is 3. The van der Waals surface area contributed by atoms with Crippen LogP contribution < -0.4 is 0 Å². The molecule has 1 aliphatic heterocycles. The van der Waals surface area contributed by atoms with Crippen molar-refractivity contribution in [3.05, 3.63) is 0 Å². The number of ether oxygens (including phenoxy) is 3. The number of carbonyl (C=O) groups is 3.